The average Bonchev–Trinajstić information content (AvgIpc) is 3.15. The number of carbonyl (C=O) groups is 3. The van der Waals surface area contributed by atoms with Crippen LogP contribution in [0.2, 0.25) is 0 Å². The predicted molar refractivity (Wildman–Crippen MR) is 92.6 cm³/mol. The summed E-state index contributed by atoms with van der Waals surface area (Å²) in [6.45, 7) is 3.22. The number of esters is 3. The number of aromatic amines is 2. The van der Waals surface area contributed by atoms with Gasteiger partial charge in [-0.25, -0.2) is 9.78 Å². The Bertz CT molecular complexity index is 1070. The molecule has 1 aliphatic heterocycles. The van der Waals surface area contributed by atoms with E-state index in [1.54, 1.807) is 0 Å². The van der Waals surface area contributed by atoms with Gasteiger partial charge in [0.1, 0.15) is 18.4 Å². The molecule has 2 aromatic rings. The van der Waals surface area contributed by atoms with E-state index in [2.05, 4.69) is 9.97 Å². The third kappa shape index (κ3) is 4.18. The summed E-state index contributed by atoms with van der Waals surface area (Å²) < 4.78 is 22.6. The molecule has 156 valence electrons. The number of hydrogen-bond donors (Lipinski definition) is 2. The highest BCUT2D eigenvalue weighted by Crippen LogP contribution is 2.35. The summed E-state index contributed by atoms with van der Waals surface area (Å²) in [5, 5.41) is 0. The van der Waals surface area contributed by atoms with Crippen molar-refractivity contribution in [3.8, 4) is 0 Å². The Labute approximate surface area is 161 Å². The fourth-order valence-corrected chi connectivity index (χ4v) is 3.06. The fraction of sp³-hybridized carbons (Fsp3) is 0.500. The second-order valence-electron chi connectivity index (χ2n) is 6.27. The molecule has 2 aromatic heterocycles. The SMILES string of the molecule is CC(=O)OC[C@H]1O[C@H](n2cnc3c(=O)[nH]c(=O)[nH]c32)[C@@H](OC(C)=O)[C@H]1OC(C)=O. The lowest BCUT2D eigenvalue weighted by molar-refractivity contribution is -0.166. The Morgan fingerprint density at radius 2 is 1.72 bits per heavy atom. The molecule has 0 radical (unpaired) electrons. The van der Waals surface area contributed by atoms with Crippen LogP contribution >= 0.6 is 0 Å². The first-order valence-electron chi connectivity index (χ1n) is 8.49. The van der Waals surface area contributed by atoms with Crippen LogP contribution in [0.5, 0.6) is 0 Å². The van der Waals surface area contributed by atoms with Crippen molar-refractivity contribution in [2.75, 3.05) is 6.61 Å². The largest absolute Gasteiger partial charge is 0.463 e. The quantitative estimate of drug-likeness (QED) is 0.447. The standard InChI is InChI=1S/C16H18N4O9/c1-6(21)26-4-9-11(27-7(2)22)12(28-8(3)23)15(29-9)20-5-17-10-13(20)18-16(25)19-14(10)24/h5,9,11-12,15H,4H2,1-3H3,(H2,18,19,24,25)/t9-,11+,12+,15+/m1/s1. The molecule has 4 atom stereocenters. The first kappa shape index (κ1) is 20.3. The van der Waals surface area contributed by atoms with Crippen LogP contribution in [0.4, 0.5) is 0 Å². The highest BCUT2D eigenvalue weighted by atomic mass is 16.7. The number of fused-ring (bicyclic) bond motifs is 1. The van der Waals surface area contributed by atoms with Crippen molar-refractivity contribution in [1.29, 1.82) is 0 Å². The van der Waals surface area contributed by atoms with Crippen LogP contribution in [0.25, 0.3) is 11.2 Å². The van der Waals surface area contributed by atoms with Crippen molar-refractivity contribution in [2.24, 2.45) is 0 Å². The van der Waals surface area contributed by atoms with E-state index in [0.717, 1.165) is 13.8 Å². The van der Waals surface area contributed by atoms with E-state index in [9.17, 15) is 24.0 Å². The van der Waals surface area contributed by atoms with Crippen molar-refractivity contribution in [1.82, 2.24) is 19.5 Å². The second-order valence-corrected chi connectivity index (χ2v) is 6.27. The minimum atomic E-state index is -1.17. The molecule has 0 aliphatic carbocycles. The fourth-order valence-electron chi connectivity index (χ4n) is 3.06. The zero-order valence-electron chi connectivity index (χ0n) is 15.7. The maximum Gasteiger partial charge on any atom is 0.327 e. The first-order chi connectivity index (χ1) is 13.7. The molecule has 1 saturated heterocycles. The molecule has 3 heterocycles. The number of H-pyrrole nitrogens is 2. The summed E-state index contributed by atoms with van der Waals surface area (Å²) in [7, 11) is 0. The average molecular weight is 410 g/mol. The third-order valence-electron chi connectivity index (χ3n) is 4.08. The molecule has 0 spiro atoms. The van der Waals surface area contributed by atoms with Crippen LogP contribution in [0.15, 0.2) is 15.9 Å². The maximum absolute atomic E-state index is 11.9. The maximum atomic E-state index is 11.9. The van der Waals surface area contributed by atoms with E-state index in [0.29, 0.717) is 0 Å². The van der Waals surface area contributed by atoms with Crippen molar-refractivity contribution < 1.29 is 33.3 Å². The Kier molecular flexibility index (Phi) is 5.50. The molecule has 13 nitrogen and oxygen atoms in total. The van der Waals surface area contributed by atoms with Gasteiger partial charge in [0.15, 0.2) is 24.0 Å². The van der Waals surface area contributed by atoms with Crippen LogP contribution in [0, 0.1) is 0 Å². The minimum absolute atomic E-state index is 0.00983. The van der Waals surface area contributed by atoms with Gasteiger partial charge in [0.25, 0.3) is 5.56 Å². The highest BCUT2D eigenvalue weighted by molar-refractivity contribution is 5.70. The van der Waals surface area contributed by atoms with Gasteiger partial charge in [0.05, 0.1) is 6.33 Å². The number of carbonyl (C=O) groups excluding carboxylic acids is 3. The van der Waals surface area contributed by atoms with E-state index >= 15 is 0 Å². The van der Waals surface area contributed by atoms with Crippen molar-refractivity contribution >= 4 is 29.1 Å². The van der Waals surface area contributed by atoms with Crippen molar-refractivity contribution in [3.05, 3.63) is 27.2 Å². The van der Waals surface area contributed by atoms with Crippen LogP contribution in [-0.2, 0) is 33.3 Å². The minimum Gasteiger partial charge on any atom is -0.463 e. The number of hydrogen-bond acceptors (Lipinski definition) is 10. The first-order valence-corrected chi connectivity index (χ1v) is 8.49. The van der Waals surface area contributed by atoms with Crippen molar-refractivity contribution in [2.45, 2.75) is 45.3 Å². The molecule has 1 fully saturated rings. The highest BCUT2D eigenvalue weighted by Gasteiger charge is 2.51. The lowest BCUT2D eigenvalue weighted by Gasteiger charge is -2.23. The molecule has 0 bridgehead atoms. The predicted octanol–water partition coefficient (Wildman–Crippen LogP) is -1.26. The van der Waals surface area contributed by atoms with Gasteiger partial charge < -0.3 is 18.9 Å². The lowest BCUT2D eigenvalue weighted by Crippen LogP contribution is -2.40. The third-order valence-corrected chi connectivity index (χ3v) is 4.08. The van der Waals surface area contributed by atoms with Gasteiger partial charge in [-0.1, -0.05) is 0 Å². The molecule has 29 heavy (non-hydrogen) atoms. The lowest BCUT2D eigenvalue weighted by atomic mass is 10.1. The Morgan fingerprint density at radius 3 is 2.34 bits per heavy atom. The molecule has 0 saturated carbocycles. The van der Waals surface area contributed by atoms with Gasteiger partial charge in [-0.05, 0) is 0 Å². The molecule has 1 aliphatic rings. The second kappa shape index (κ2) is 7.87. The van der Waals surface area contributed by atoms with Gasteiger partial charge in [-0.15, -0.1) is 0 Å². The van der Waals surface area contributed by atoms with E-state index in [1.807, 2.05) is 4.98 Å². The number of imidazole rings is 1. The molecule has 13 heteroatoms. The zero-order chi connectivity index (χ0) is 21.3. The monoisotopic (exact) mass is 410 g/mol. The molecule has 0 aromatic carbocycles. The smallest absolute Gasteiger partial charge is 0.327 e. The van der Waals surface area contributed by atoms with Crippen LogP contribution in [0.3, 0.4) is 0 Å². The summed E-state index contributed by atoms with van der Waals surface area (Å²) in [5.41, 5.74) is -1.57. The summed E-state index contributed by atoms with van der Waals surface area (Å²) in [6.07, 6.45) is -3.20. The summed E-state index contributed by atoms with van der Waals surface area (Å²) >= 11 is 0. The molecule has 0 amide bonds. The Balaban J connectivity index is 2.06. The van der Waals surface area contributed by atoms with Gasteiger partial charge in [-0.2, -0.15) is 0 Å². The van der Waals surface area contributed by atoms with Gasteiger partial charge in [-0.3, -0.25) is 33.7 Å². The van der Waals surface area contributed by atoms with Gasteiger partial charge in [0, 0.05) is 20.8 Å². The van der Waals surface area contributed by atoms with E-state index in [-0.39, 0.29) is 17.8 Å². The Morgan fingerprint density at radius 1 is 1.07 bits per heavy atom. The molecular formula is C16H18N4O9. The molecular weight excluding hydrogens is 392 g/mol. The van der Waals surface area contributed by atoms with E-state index < -0.39 is 53.7 Å². The van der Waals surface area contributed by atoms with Crippen LogP contribution in [-0.4, -0.2) is 62.3 Å². The molecule has 0 unspecified atom stereocenters. The van der Waals surface area contributed by atoms with E-state index in [4.69, 9.17) is 18.9 Å². The normalized spacial score (nSPS) is 23.7. The van der Waals surface area contributed by atoms with Crippen LogP contribution < -0.4 is 11.2 Å². The topological polar surface area (TPSA) is 172 Å². The van der Waals surface area contributed by atoms with Gasteiger partial charge >= 0.3 is 23.6 Å². The van der Waals surface area contributed by atoms with E-state index in [1.165, 1.54) is 17.8 Å². The van der Waals surface area contributed by atoms with Crippen molar-refractivity contribution in [3.63, 3.8) is 0 Å². The summed E-state index contributed by atoms with van der Waals surface area (Å²) in [5.74, 6) is -1.96. The Hall–Kier alpha value is -3.48. The van der Waals surface area contributed by atoms with Gasteiger partial charge in [0.2, 0.25) is 0 Å². The molecule has 2 N–H and O–H groups in total. The number of nitrogens with zero attached hydrogens (tertiary/aromatic N) is 2. The number of ether oxygens (including phenoxy) is 4. The van der Waals surface area contributed by atoms with Crippen LogP contribution in [0.1, 0.15) is 27.0 Å². The number of rotatable bonds is 5. The summed E-state index contributed by atoms with van der Waals surface area (Å²) in [4.78, 5) is 66.4. The summed E-state index contributed by atoms with van der Waals surface area (Å²) in [6, 6.07) is 0. The molecule has 3 rings (SSSR count). The number of nitrogens with one attached hydrogen (secondary N) is 2. The number of aromatic nitrogens is 4. The zero-order valence-corrected chi connectivity index (χ0v) is 15.7.